The molecule has 1 amide bonds. The van der Waals surface area contributed by atoms with Crippen LogP contribution in [-0.2, 0) is 9.53 Å². The Kier molecular flexibility index (Phi) is 4.96. The van der Waals surface area contributed by atoms with E-state index in [-0.39, 0.29) is 24.7 Å². The molecule has 0 radical (unpaired) electrons. The summed E-state index contributed by atoms with van der Waals surface area (Å²) in [7, 11) is 0. The monoisotopic (exact) mass is 291 g/mol. The van der Waals surface area contributed by atoms with Crippen LogP contribution in [0.1, 0.15) is 44.9 Å². The first-order valence-corrected chi connectivity index (χ1v) is 7.40. The van der Waals surface area contributed by atoms with Gasteiger partial charge < -0.3 is 15.2 Å². The molecule has 1 aliphatic heterocycles. The van der Waals surface area contributed by atoms with Gasteiger partial charge in [-0.15, -0.1) is 0 Å². The highest BCUT2D eigenvalue weighted by Crippen LogP contribution is 2.40. The molecule has 2 fully saturated rings. The van der Waals surface area contributed by atoms with Crippen molar-refractivity contribution in [3.05, 3.63) is 0 Å². The predicted molar refractivity (Wildman–Crippen MR) is 69.5 cm³/mol. The molecule has 2 rings (SSSR count). The molecule has 1 aliphatic carbocycles. The normalized spacial score (nSPS) is 24.4. The second-order valence-electron chi connectivity index (χ2n) is 5.90. The van der Waals surface area contributed by atoms with Crippen LogP contribution in [0.4, 0.5) is 8.78 Å². The van der Waals surface area contributed by atoms with E-state index in [4.69, 9.17) is 4.74 Å². The second kappa shape index (κ2) is 6.35. The van der Waals surface area contributed by atoms with Crippen LogP contribution < -0.4 is 5.32 Å². The molecule has 0 aromatic heterocycles. The summed E-state index contributed by atoms with van der Waals surface area (Å²) >= 11 is 0. The summed E-state index contributed by atoms with van der Waals surface area (Å²) in [5.41, 5.74) is -1.96. The Hall–Kier alpha value is -0.750. The van der Waals surface area contributed by atoms with Crippen molar-refractivity contribution in [2.75, 3.05) is 19.8 Å². The van der Waals surface area contributed by atoms with Crippen LogP contribution in [0.3, 0.4) is 0 Å². The molecule has 0 atom stereocenters. The van der Waals surface area contributed by atoms with E-state index >= 15 is 0 Å². The molecule has 0 aromatic carbocycles. The van der Waals surface area contributed by atoms with Crippen LogP contribution >= 0.6 is 0 Å². The van der Waals surface area contributed by atoms with Crippen LogP contribution in [0.15, 0.2) is 0 Å². The van der Waals surface area contributed by atoms with Crippen molar-refractivity contribution in [1.82, 2.24) is 5.32 Å². The summed E-state index contributed by atoms with van der Waals surface area (Å²) in [4.78, 5) is 11.9. The van der Waals surface area contributed by atoms with E-state index in [0.29, 0.717) is 38.9 Å². The minimum Gasteiger partial charge on any atom is -0.384 e. The topological polar surface area (TPSA) is 58.6 Å². The molecule has 1 saturated carbocycles. The lowest BCUT2D eigenvalue weighted by atomic mass is 9.80. The summed E-state index contributed by atoms with van der Waals surface area (Å²) in [6.07, 6.45) is 3.45. The summed E-state index contributed by atoms with van der Waals surface area (Å²) in [5.74, 6) is -3.87. The molecule has 2 N–H and O–H groups in total. The first-order valence-electron chi connectivity index (χ1n) is 7.40. The van der Waals surface area contributed by atoms with Crippen molar-refractivity contribution in [2.24, 2.45) is 5.92 Å². The average molecular weight is 291 g/mol. The number of ether oxygens (including phenoxy) is 1. The van der Waals surface area contributed by atoms with Crippen molar-refractivity contribution < 1.29 is 23.4 Å². The van der Waals surface area contributed by atoms with Gasteiger partial charge in [0.25, 0.3) is 5.92 Å². The Morgan fingerprint density at radius 1 is 1.25 bits per heavy atom. The Balaban J connectivity index is 1.86. The molecule has 0 unspecified atom stereocenters. The number of carbonyl (C=O) groups is 1. The molecule has 4 nitrogen and oxygen atoms in total. The minimum atomic E-state index is -3.27. The molecule has 2 aliphatic rings. The van der Waals surface area contributed by atoms with Crippen molar-refractivity contribution in [1.29, 1.82) is 0 Å². The van der Waals surface area contributed by atoms with Crippen molar-refractivity contribution in [3.63, 3.8) is 0 Å². The predicted octanol–water partition coefficient (Wildman–Crippen LogP) is 1.86. The molecular formula is C14H23F2NO3. The fourth-order valence-electron chi connectivity index (χ4n) is 2.97. The number of amides is 1. The summed E-state index contributed by atoms with van der Waals surface area (Å²) in [6, 6.07) is 0. The molecule has 0 aromatic rings. The number of hydrogen-bond donors (Lipinski definition) is 2. The molecule has 116 valence electrons. The molecule has 0 bridgehead atoms. The lowest BCUT2D eigenvalue weighted by molar-refractivity contribution is -0.193. The van der Waals surface area contributed by atoms with Crippen LogP contribution in [0.5, 0.6) is 0 Å². The zero-order valence-electron chi connectivity index (χ0n) is 11.7. The Morgan fingerprint density at radius 2 is 1.85 bits per heavy atom. The molecule has 20 heavy (non-hydrogen) atoms. The lowest BCUT2D eigenvalue weighted by Gasteiger charge is -2.39. The fourth-order valence-corrected chi connectivity index (χ4v) is 2.97. The number of hydrogen-bond acceptors (Lipinski definition) is 3. The number of alkyl halides is 2. The molecule has 0 spiro atoms. The summed E-state index contributed by atoms with van der Waals surface area (Å²) in [6.45, 7) is 0.219. The SMILES string of the molecule is O=C(NCC(F)(F)C1(O)CCCCC1)C1CCOCC1. The maximum absolute atomic E-state index is 14.1. The van der Waals surface area contributed by atoms with Crippen molar-refractivity contribution >= 4 is 5.91 Å². The zero-order valence-corrected chi connectivity index (χ0v) is 11.7. The third kappa shape index (κ3) is 3.47. The van der Waals surface area contributed by atoms with Gasteiger partial charge in [-0.2, -0.15) is 0 Å². The van der Waals surface area contributed by atoms with E-state index < -0.39 is 18.1 Å². The van der Waals surface area contributed by atoms with E-state index in [1.165, 1.54) is 0 Å². The van der Waals surface area contributed by atoms with Crippen LogP contribution in [0.25, 0.3) is 0 Å². The summed E-state index contributed by atoms with van der Waals surface area (Å²) < 4.78 is 33.4. The highest BCUT2D eigenvalue weighted by Gasteiger charge is 2.52. The zero-order chi connectivity index (χ0) is 14.6. The first kappa shape index (κ1) is 15.6. The van der Waals surface area contributed by atoms with Gasteiger partial charge in [0, 0.05) is 19.1 Å². The van der Waals surface area contributed by atoms with E-state index in [1.54, 1.807) is 0 Å². The van der Waals surface area contributed by atoms with Gasteiger partial charge >= 0.3 is 0 Å². The molecule has 1 heterocycles. The third-order valence-electron chi connectivity index (χ3n) is 4.44. The highest BCUT2D eigenvalue weighted by molar-refractivity contribution is 5.78. The van der Waals surface area contributed by atoms with Gasteiger partial charge in [-0.3, -0.25) is 4.79 Å². The Bertz CT molecular complexity index is 337. The van der Waals surface area contributed by atoms with Crippen LogP contribution in [-0.4, -0.2) is 42.3 Å². The van der Waals surface area contributed by atoms with Crippen molar-refractivity contribution in [3.8, 4) is 0 Å². The van der Waals surface area contributed by atoms with E-state index in [1.807, 2.05) is 0 Å². The fraction of sp³-hybridized carbons (Fsp3) is 0.929. The van der Waals surface area contributed by atoms with Gasteiger partial charge in [0.15, 0.2) is 0 Å². The van der Waals surface area contributed by atoms with Crippen molar-refractivity contribution in [2.45, 2.75) is 56.5 Å². The molecule has 6 heteroatoms. The number of carbonyl (C=O) groups excluding carboxylic acids is 1. The van der Waals surface area contributed by atoms with Gasteiger partial charge in [-0.05, 0) is 25.7 Å². The number of aliphatic hydroxyl groups is 1. The quantitative estimate of drug-likeness (QED) is 0.831. The Labute approximate surface area is 117 Å². The Morgan fingerprint density at radius 3 is 2.45 bits per heavy atom. The van der Waals surface area contributed by atoms with Gasteiger partial charge in [-0.1, -0.05) is 19.3 Å². The van der Waals surface area contributed by atoms with Gasteiger partial charge in [0.2, 0.25) is 5.91 Å². The van der Waals surface area contributed by atoms with E-state index in [0.717, 1.165) is 6.42 Å². The van der Waals surface area contributed by atoms with Gasteiger partial charge in [-0.25, -0.2) is 8.78 Å². The van der Waals surface area contributed by atoms with Gasteiger partial charge in [0.1, 0.15) is 5.60 Å². The number of nitrogens with one attached hydrogen (secondary N) is 1. The van der Waals surface area contributed by atoms with E-state index in [2.05, 4.69) is 5.32 Å². The first-order chi connectivity index (χ1) is 9.45. The minimum absolute atomic E-state index is 0.104. The largest absolute Gasteiger partial charge is 0.384 e. The standard InChI is InChI=1S/C14H23F2NO3/c15-14(16,13(19)6-2-1-3-7-13)10-17-12(18)11-4-8-20-9-5-11/h11,19H,1-10H2,(H,17,18). The lowest BCUT2D eigenvalue weighted by Crippen LogP contribution is -2.55. The maximum atomic E-state index is 14.1. The van der Waals surface area contributed by atoms with Crippen LogP contribution in [0, 0.1) is 5.92 Å². The molecular weight excluding hydrogens is 268 g/mol. The number of halogens is 2. The maximum Gasteiger partial charge on any atom is 0.293 e. The third-order valence-corrected chi connectivity index (χ3v) is 4.44. The summed E-state index contributed by atoms with van der Waals surface area (Å²) in [5, 5.41) is 12.4. The number of rotatable bonds is 4. The van der Waals surface area contributed by atoms with Crippen LogP contribution in [0.2, 0.25) is 0 Å². The van der Waals surface area contributed by atoms with Gasteiger partial charge in [0.05, 0.1) is 6.54 Å². The highest BCUT2D eigenvalue weighted by atomic mass is 19.3. The van der Waals surface area contributed by atoms with E-state index in [9.17, 15) is 18.7 Å². The molecule has 1 saturated heterocycles. The second-order valence-corrected chi connectivity index (χ2v) is 5.90. The average Bonchev–Trinajstić information content (AvgIpc) is 2.46. The smallest absolute Gasteiger partial charge is 0.293 e.